The highest BCUT2D eigenvalue weighted by molar-refractivity contribution is 6.36. The Labute approximate surface area is 206 Å². The predicted octanol–water partition coefficient (Wildman–Crippen LogP) is 6.31. The molecule has 0 fully saturated rings. The number of benzene rings is 3. The van der Waals surface area contributed by atoms with Gasteiger partial charge < -0.3 is 4.98 Å². The van der Waals surface area contributed by atoms with Crippen molar-refractivity contribution in [1.82, 2.24) is 19.5 Å². The smallest absolute Gasteiger partial charge is 0.293 e. The van der Waals surface area contributed by atoms with E-state index in [0.717, 1.165) is 0 Å². The first-order valence-electron chi connectivity index (χ1n) is 9.81. The minimum absolute atomic E-state index is 0.0111. The molecule has 0 bridgehead atoms. The van der Waals surface area contributed by atoms with Gasteiger partial charge in [-0.05, 0) is 48.5 Å². The SMILES string of the molecule is O=c1[nH]c(-c2ccc(Cl)cc2Cl)nc2c1nc(-c1ccc(Cl)cc1)n2-c1ccccc1[N+](=O)[O-]. The number of nitro benzene ring substituents is 1. The molecule has 0 aliphatic heterocycles. The lowest BCUT2D eigenvalue weighted by Gasteiger charge is -2.10. The summed E-state index contributed by atoms with van der Waals surface area (Å²) in [7, 11) is 0. The van der Waals surface area contributed by atoms with E-state index in [1.54, 1.807) is 54.6 Å². The molecule has 0 saturated carbocycles. The maximum Gasteiger partial charge on any atom is 0.293 e. The molecule has 0 unspecified atom stereocenters. The van der Waals surface area contributed by atoms with Crippen molar-refractivity contribution in [3.05, 3.63) is 102 Å². The molecular weight excluding hydrogens is 501 g/mol. The number of nitrogens with one attached hydrogen (secondary N) is 1. The van der Waals surface area contributed by atoms with Crippen molar-refractivity contribution >= 4 is 51.7 Å². The zero-order valence-electron chi connectivity index (χ0n) is 17.0. The second-order valence-electron chi connectivity index (χ2n) is 7.23. The average molecular weight is 513 g/mol. The third-order valence-corrected chi connectivity index (χ3v) is 5.93. The normalized spacial score (nSPS) is 11.1. The molecule has 2 heterocycles. The van der Waals surface area contributed by atoms with E-state index in [0.29, 0.717) is 27.0 Å². The van der Waals surface area contributed by atoms with Crippen molar-refractivity contribution in [2.45, 2.75) is 0 Å². The minimum atomic E-state index is -0.529. The Hall–Kier alpha value is -3.72. The quantitative estimate of drug-likeness (QED) is 0.224. The molecule has 8 nitrogen and oxygen atoms in total. The fourth-order valence-corrected chi connectivity index (χ4v) is 4.23. The zero-order chi connectivity index (χ0) is 24.0. The molecule has 0 aliphatic carbocycles. The first-order chi connectivity index (χ1) is 16.3. The summed E-state index contributed by atoms with van der Waals surface area (Å²) in [6.07, 6.45) is 0. The number of aromatic nitrogens is 4. The average Bonchev–Trinajstić information content (AvgIpc) is 3.19. The topological polar surface area (TPSA) is 107 Å². The van der Waals surface area contributed by atoms with Gasteiger partial charge >= 0.3 is 0 Å². The fraction of sp³-hybridized carbons (Fsp3) is 0. The molecule has 5 aromatic rings. The molecule has 0 atom stereocenters. The van der Waals surface area contributed by atoms with Crippen LogP contribution in [0.15, 0.2) is 71.5 Å². The van der Waals surface area contributed by atoms with Crippen molar-refractivity contribution < 1.29 is 4.92 Å². The van der Waals surface area contributed by atoms with E-state index in [1.807, 2.05) is 0 Å². The third kappa shape index (κ3) is 3.81. The predicted molar refractivity (Wildman–Crippen MR) is 132 cm³/mol. The van der Waals surface area contributed by atoms with Gasteiger partial charge in [-0.2, -0.15) is 0 Å². The number of halogens is 3. The van der Waals surface area contributed by atoms with Crippen LogP contribution in [0.4, 0.5) is 5.69 Å². The molecular formula is C23H12Cl3N5O3. The van der Waals surface area contributed by atoms with Crippen LogP contribution in [-0.4, -0.2) is 24.4 Å². The lowest BCUT2D eigenvalue weighted by Crippen LogP contribution is -2.11. The molecule has 34 heavy (non-hydrogen) atoms. The number of hydrogen-bond acceptors (Lipinski definition) is 5. The molecule has 0 saturated heterocycles. The van der Waals surface area contributed by atoms with Crippen LogP contribution in [0, 0.1) is 10.1 Å². The number of rotatable bonds is 4. The molecule has 168 valence electrons. The first-order valence-corrected chi connectivity index (χ1v) is 10.9. The van der Waals surface area contributed by atoms with Gasteiger partial charge in [0.15, 0.2) is 11.2 Å². The summed E-state index contributed by atoms with van der Waals surface area (Å²) in [5, 5.41) is 13.0. The van der Waals surface area contributed by atoms with Crippen LogP contribution in [0.1, 0.15) is 0 Å². The van der Waals surface area contributed by atoms with Gasteiger partial charge in [-0.25, -0.2) is 9.97 Å². The number of hydrogen-bond donors (Lipinski definition) is 1. The zero-order valence-corrected chi connectivity index (χ0v) is 19.3. The molecule has 5 rings (SSSR count). The van der Waals surface area contributed by atoms with Gasteiger partial charge in [0.1, 0.15) is 17.3 Å². The van der Waals surface area contributed by atoms with Gasteiger partial charge in [0.2, 0.25) is 0 Å². The van der Waals surface area contributed by atoms with Crippen molar-refractivity contribution in [2.75, 3.05) is 0 Å². The summed E-state index contributed by atoms with van der Waals surface area (Å²) in [5.74, 6) is 0.458. The Balaban J connectivity index is 1.89. The van der Waals surface area contributed by atoms with E-state index in [4.69, 9.17) is 34.8 Å². The van der Waals surface area contributed by atoms with E-state index >= 15 is 0 Å². The van der Waals surface area contributed by atoms with Crippen LogP contribution in [0.2, 0.25) is 15.1 Å². The summed E-state index contributed by atoms with van der Waals surface area (Å²) in [6, 6.07) is 17.7. The molecule has 2 aromatic heterocycles. The Bertz CT molecular complexity index is 1640. The summed E-state index contributed by atoms with van der Waals surface area (Å²) < 4.78 is 1.49. The van der Waals surface area contributed by atoms with Crippen molar-refractivity contribution in [1.29, 1.82) is 0 Å². The van der Waals surface area contributed by atoms with Gasteiger partial charge in [0, 0.05) is 27.2 Å². The molecule has 0 aliphatic rings. The van der Waals surface area contributed by atoms with Crippen LogP contribution in [-0.2, 0) is 0 Å². The maximum atomic E-state index is 13.1. The molecule has 0 radical (unpaired) electrons. The second-order valence-corrected chi connectivity index (χ2v) is 8.51. The lowest BCUT2D eigenvalue weighted by atomic mass is 10.2. The number of H-pyrrole nitrogens is 1. The van der Waals surface area contributed by atoms with E-state index in [9.17, 15) is 14.9 Å². The van der Waals surface area contributed by atoms with Gasteiger partial charge in [-0.3, -0.25) is 19.5 Å². The van der Waals surface area contributed by atoms with E-state index < -0.39 is 10.5 Å². The molecule has 1 N–H and O–H groups in total. The third-order valence-electron chi connectivity index (χ3n) is 5.13. The highest BCUT2D eigenvalue weighted by atomic mass is 35.5. The Kier molecular flexibility index (Phi) is 5.57. The Morgan fingerprint density at radius 2 is 1.62 bits per heavy atom. The van der Waals surface area contributed by atoms with Crippen LogP contribution in [0.3, 0.4) is 0 Å². The Morgan fingerprint density at radius 1 is 0.912 bits per heavy atom. The van der Waals surface area contributed by atoms with Crippen molar-refractivity contribution in [2.24, 2.45) is 0 Å². The minimum Gasteiger partial charge on any atom is -0.304 e. The maximum absolute atomic E-state index is 13.1. The summed E-state index contributed by atoms with van der Waals surface area (Å²) in [4.78, 5) is 36.2. The molecule has 0 spiro atoms. The molecule has 11 heteroatoms. The fourth-order valence-electron chi connectivity index (χ4n) is 3.61. The number of nitrogens with zero attached hydrogens (tertiary/aromatic N) is 4. The van der Waals surface area contributed by atoms with Crippen LogP contribution in [0.25, 0.3) is 39.6 Å². The van der Waals surface area contributed by atoms with Crippen molar-refractivity contribution in [3.8, 4) is 28.5 Å². The van der Waals surface area contributed by atoms with Gasteiger partial charge in [-0.1, -0.05) is 46.9 Å². The van der Waals surface area contributed by atoms with Crippen LogP contribution < -0.4 is 5.56 Å². The largest absolute Gasteiger partial charge is 0.304 e. The van der Waals surface area contributed by atoms with E-state index in [1.165, 1.54) is 16.7 Å². The number of para-hydroxylation sites is 2. The van der Waals surface area contributed by atoms with Crippen LogP contribution >= 0.6 is 34.8 Å². The number of nitro groups is 1. The lowest BCUT2D eigenvalue weighted by molar-refractivity contribution is -0.384. The Morgan fingerprint density at radius 3 is 2.32 bits per heavy atom. The summed E-state index contributed by atoms with van der Waals surface area (Å²) in [5.41, 5.74) is 0.662. The standard InChI is InChI=1S/C23H12Cl3N5O3/c24-13-7-5-12(6-8-13)21-27-19-22(30(21)17-3-1-2-4-18(17)31(33)34)28-20(29-23(19)32)15-10-9-14(25)11-16(15)26/h1-11H,(H,28,29,32). The second kappa shape index (κ2) is 8.57. The highest BCUT2D eigenvalue weighted by Gasteiger charge is 2.24. The molecule has 0 amide bonds. The number of aromatic amines is 1. The van der Waals surface area contributed by atoms with Gasteiger partial charge in [-0.15, -0.1) is 0 Å². The summed E-state index contributed by atoms with van der Waals surface area (Å²) >= 11 is 18.4. The number of fused-ring (bicyclic) bond motifs is 1. The monoisotopic (exact) mass is 511 g/mol. The van der Waals surface area contributed by atoms with Crippen molar-refractivity contribution in [3.63, 3.8) is 0 Å². The highest BCUT2D eigenvalue weighted by Crippen LogP contribution is 2.33. The summed E-state index contributed by atoms with van der Waals surface area (Å²) in [6.45, 7) is 0. The molecule has 3 aromatic carbocycles. The number of imidazole rings is 1. The van der Waals surface area contributed by atoms with Gasteiger partial charge in [0.25, 0.3) is 11.2 Å². The van der Waals surface area contributed by atoms with E-state index in [-0.39, 0.29) is 33.4 Å². The van der Waals surface area contributed by atoms with E-state index in [2.05, 4.69) is 15.0 Å². The van der Waals surface area contributed by atoms with Gasteiger partial charge in [0.05, 0.1) is 9.95 Å². The first kappa shape index (κ1) is 22.1. The van der Waals surface area contributed by atoms with Crippen LogP contribution in [0.5, 0.6) is 0 Å².